The number of hydrogen-bond acceptors (Lipinski definition) is 2. The third kappa shape index (κ3) is 3.69. The minimum absolute atomic E-state index is 0.157. The highest BCUT2D eigenvalue weighted by atomic mass is 19.1. The van der Waals surface area contributed by atoms with Crippen LogP contribution in [0.25, 0.3) is 0 Å². The van der Waals surface area contributed by atoms with E-state index < -0.39 is 0 Å². The first kappa shape index (κ1) is 14.3. The highest BCUT2D eigenvalue weighted by molar-refractivity contribution is 5.47. The van der Waals surface area contributed by atoms with Crippen molar-refractivity contribution in [1.82, 2.24) is 5.32 Å². The zero-order valence-electron chi connectivity index (χ0n) is 12.0. The van der Waals surface area contributed by atoms with Gasteiger partial charge in [-0.1, -0.05) is 6.92 Å². The highest BCUT2D eigenvalue weighted by Gasteiger charge is 2.24. The second kappa shape index (κ2) is 6.90. The van der Waals surface area contributed by atoms with Crippen LogP contribution in [-0.4, -0.2) is 25.2 Å². The van der Waals surface area contributed by atoms with Crippen LogP contribution in [0, 0.1) is 5.82 Å². The van der Waals surface area contributed by atoms with Gasteiger partial charge in [0.05, 0.1) is 0 Å². The van der Waals surface area contributed by atoms with E-state index in [9.17, 15) is 4.39 Å². The number of nitrogens with one attached hydrogen (secondary N) is 1. The van der Waals surface area contributed by atoms with Crippen LogP contribution in [0.4, 0.5) is 10.1 Å². The Labute approximate surface area is 116 Å². The Bertz CT molecular complexity index is 369. The van der Waals surface area contributed by atoms with Crippen LogP contribution in [0.3, 0.4) is 0 Å². The van der Waals surface area contributed by atoms with Crippen LogP contribution in [0.2, 0.25) is 0 Å². The average Bonchev–Trinajstić information content (AvgIpc) is 2.44. The monoisotopic (exact) mass is 264 g/mol. The summed E-state index contributed by atoms with van der Waals surface area (Å²) >= 11 is 0. The van der Waals surface area contributed by atoms with Gasteiger partial charge in [-0.05, 0) is 63.4 Å². The Morgan fingerprint density at radius 2 is 1.74 bits per heavy atom. The fourth-order valence-electron chi connectivity index (χ4n) is 3.16. The minimum atomic E-state index is -0.157. The zero-order chi connectivity index (χ0) is 13.7. The predicted molar refractivity (Wildman–Crippen MR) is 79.1 cm³/mol. The lowest BCUT2D eigenvalue weighted by Crippen LogP contribution is -2.42. The summed E-state index contributed by atoms with van der Waals surface area (Å²) in [5, 5.41) is 3.54. The van der Waals surface area contributed by atoms with E-state index in [-0.39, 0.29) is 5.82 Å². The molecule has 0 radical (unpaired) electrons. The van der Waals surface area contributed by atoms with Crippen LogP contribution in [0.15, 0.2) is 24.3 Å². The lowest BCUT2D eigenvalue weighted by atomic mass is 9.90. The van der Waals surface area contributed by atoms with E-state index in [1.54, 1.807) is 12.1 Å². The summed E-state index contributed by atoms with van der Waals surface area (Å²) in [6.07, 6.45) is 4.94. The van der Waals surface area contributed by atoms with Crippen LogP contribution in [0.5, 0.6) is 0 Å². The van der Waals surface area contributed by atoms with Crippen molar-refractivity contribution in [3.8, 4) is 0 Å². The Morgan fingerprint density at radius 3 is 2.26 bits per heavy atom. The normalized spacial score (nSPS) is 23.3. The van der Waals surface area contributed by atoms with E-state index in [4.69, 9.17) is 0 Å². The summed E-state index contributed by atoms with van der Waals surface area (Å²) in [6, 6.07) is 8.20. The molecular formula is C16H25FN2. The molecule has 1 aromatic rings. The number of nitrogens with zero attached hydrogens (tertiary/aromatic N) is 1. The Morgan fingerprint density at radius 1 is 1.11 bits per heavy atom. The lowest BCUT2D eigenvalue weighted by molar-refractivity contribution is 0.337. The number of halogens is 1. The molecular weight excluding hydrogens is 239 g/mol. The molecule has 0 heterocycles. The molecule has 2 rings (SSSR count). The maximum Gasteiger partial charge on any atom is 0.123 e. The van der Waals surface area contributed by atoms with Gasteiger partial charge in [-0.3, -0.25) is 0 Å². The molecule has 1 N–H and O–H groups in total. The number of anilines is 1. The molecule has 1 saturated carbocycles. The maximum absolute atomic E-state index is 13.0. The van der Waals surface area contributed by atoms with Crippen LogP contribution >= 0.6 is 0 Å². The van der Waals surface area contributed by atoms with Gasteiger partial charge in [0.25, 0.3) is 0 Å². The van der Waals surface area contributed by atoms with Gasteiger partial charge in [-0.15, -0.1) is 0 Å². The van der Waals surface area contributed by atoms with Crippen molar-refractivity contribution >= 4 is 5.69 Å². The van der Waals surface area contributed by atoms with Crippen molar-refractivity contribution in [2.75, 3.05) is 18.0 Å². The van der Waals surface area contributed by atoms with E-state index in [2.05, 4.69) is 24.1 Å². The topological polar surface area (TPSA) is 15.3 Å². The fourth-order valence-corrected chi connectivity index (χ4v) is 3.16. The van der Waals surface area contributed by atoms with Crippen molar-refractivity contribution in [3.63, 3.8) is 0 Å². The summed E-state index contributed by atoms with van der Waals surface area (Å²) in [6.45, 7) is 6.40. The molecule has 3 heteroatoms. The van der Waals surface area contributed by atoms with Crippen molar-refractivity contribution < 1.29 is 4.39 Å². The first-order valence-electron chi connectivity index (χ1n) is 7.50. The maximum atomic E-state index is 13.0. The SMILES string of the molecule is CCNC1CCC(N(CC)c2ccc(F)cc2)CC1. The molecule has 0 spiro atoms. The number of benzene rings is 1. The average molecular weight is 264 g/mol. The molecule has 1 aromatic carbocycles. The molecule has 1 aliphatic rings. The largest absolute Gasteiger partial charge is 0.369 e. The number of hydrogen-bond donors (Lipinski definition) is 1. The molecule has 1 fully saturated rings. The molecule has 0 amide bonds. The van der Waals surface area contributed by atoms with Crippen LogP contribution < -0.4 is 10.2 Å². The Kier molecular flexibility index (Phi) is 5.20. The van der Waals surface area contributed by atoms with E-state index >= 15 is 0 Å². The van der Waals surface area contributed by atoms with E-state index in [0.29, 0.717) is 12.1 Å². The van der Waals surface area contributed by atoms with Crippen molar-refractivity contribution in [3.05, 3.63) is 30.1 Å². The molecule has 0 bridgehead atoms. The van der Waals surface area contributed by atoms with Gasteiger partial charge >= 0.3 is 0 Å². The summed E-state index contributed by atoms with van der Waals surface area (Å²) in [5.41, 5.74) is 1.15. The first-order valence-corrected chi connectivity index (χ1v) is 7.50. The Balaban J connectivity index is 1.97. The standard InChI is InChI=1S/C16H25FN2/c1-3-18-14-7-11-16(12-8-14)19(4-2)15-9-5-13(17)6-10-15/h5-6,9-10,14,16,18H,3-4,7-8,11-12H2,1-2H3. The zero-order valence-corrected chi connectivity index (χ0v) is 12.0. The summed E-state index contributed by atoms with van der Waals surface area (Å²) in [5.74, 6) is -0.157. The van der Waals surface area contributed by atoms with Gasteiger partial charge < -0.3 is 10.2 Å². The number of rotatable bonds is 5. The van der Waals surface area contributed by atoms with Gasteiger partial charge in [-0.25, -0.2) is 4.39 Å². The molecule has 0 atom stereocenters. The van der Waals surface area contributed by atoms with Crippen LogP contribution in [0.1, 0.15) is 39.5 Å². The summed E-state index contributed by atoms with van der Waals surface area (Å²) in [4.78, 5) is 2.42. The van der Waals surface area contributed by atoms with Gasteiger partial charge in [0.15, 0.2) is 0 Å². The van der Waals surface area contributed by atoms with E-state index in [0.717, 1.165) is 18.8 Å². The fraction of sp³-hybridized carbons (Fsp3) is 0.625. The van der Waals surface area contributed by atoms with Gasteiger partial charge in [-0.2, -0.15) is 0 Å². The van der Waals surface area contributed by atoms with Crippen LogP contribution in [-0.2, 0) is 0 Å². The first-order chi connectivity index (χ1) is 9.24. The van der Waals surface area contributed by atoms with E-state index in [1.165, 1.54) is 25.7 Å². The molecule has 19 heavy (non-hydrogen) atoms. The van der Waals surface area contributed by atoms with E-state index in [1.807, 2.05) is 12.1 Å². The second-order valence-corrected chi connectivity index (χ2v) is 5.33. The molecule has 0 aliphatic heterocycles. The molecule has 0 saturated heterocycles. The minimum Gasteiger partial charge on any atom is -0.369 e. The van der Waals surface area contributed by atoms with Gasteiger partial charge in [0.1, 0.15) is 5.82 Å². The smallest absolute Gasteiger partial charge is 0.123 e. The highest BCUT2D eigenvalue weighted by Crippen LogP contribution is 2.27. The molecule has 0 unspecified atom stereocenters. The molecule has 2 nitrogen and oxygen atoms in total. The van der Waals surface area contributed by atoms with Crippen molar-refractivity contribution in [2.24, 2.45) is 0 Å². The van der Waals surface area contributed by atoms with Gasteiger partial charge in [0.2, 0.25) is 0 Å². The van der Waals surface area contributed by atoms with Crippen molar-refractivity contribution in [1.29, 1.82) is 0 Å². The molecule has 106 valence electrons. The summed E-state index contributed by atoms with van der Waals surface area (Å²) in [7, 11) is 0. The predicted octanol–water partition coefficient (Wildman–Crippen LogP) is 3.57. The molecule has 0 aromatic heterocycles. The lowest BCUT2D eigenvalue weighted by Gasteiger charge is -2.38. The third-order valence-corrected chi connectivity index (χ3v) is 4.13. The third-order valence-electron chi connectivity index (χ3n) is 4.13. The molecule has 1 aliphatic carbocycles. The second-order valence-electron chi connectivity index (χ2n) is 5.33. The van der Waals surface area contributed by atoms with Gasteiger partial charge in [0, 0.05) is 24.3 Å². The van der Waals surface area contributed by atoms with Crippen molar-refractivity contribution in [2.45, 2.75) is 51.6 Å². The summed E-state index contributed by atoms with van der Waals surface area (Å²) < 4.78 is 13.0. The Hall–Kier alpha value is -1.09. The quantitative estimate of drug-likeness (QED) is 0.874.